The fraction of sp³-hybridized carbons (Fsp3) is 0.575. The second-order valence-corrected chi connectivity index (χ2v) is 19.6. The van der Waals surface area contributed by atoms with Crippen LogP contribution < -0.4 is 14.4 Å². The lowest BCUT2D eigenvalue weighted by Gasteiger charge is -2.25. The second-order valence-electron chi connectivity index (χ2n) is 15.4. The number of nitrogens with zero attached hydrogens (tertiary/aromatic N) is 4. The van der Waals surface area contributed by atoms with Crippen molar-refractivity contribution in [2.24, 2.45) is 0 Å². The van der Waals surface area contributed by atoms with Crippen molar-refractivity contribution in [1.82, 2.24) is 19.9 Å². The van der Waals surface area contributed by atoms with Crippen molar-refractivity contribution in [2.75, 3.05) is 35.6 Å². The molecule has 0 spiro atoms. The lowest BCUT2D eigenvalue weighted by molar-refractivity contribution is -0.387. The number of ether oxygens (including phenoxy) is 1. The van der Waals surface area contributed by atoms with E-state index in [-0.39, 0.29) is 28.5 Å². The van der Waals surface area contributed by atoms with Crippen LogP contribution in [-0.2, 0) is 20.9 Å². The topological polar surface area (TPSA) is 135 Å². The Bertz CT molecular complexity index is 1930. The number of benzene rings is 2. The second kappa shape index (κ2) is 19.6. The van der Waals surface area contributed by atoms with E-state index in [2.05, 4.69) is 62.6 Å². The van der Waals surface area contributed by atoms with Crippen LogP contribution in [0.5, 0.6) is 5.75 Å². The molecule has 0 fully saturated rings. The molecule has 0 radical (unpaired) electrons. The smallest absolute Gasteiger partial charge is 0.286 e. The predicted octanol–water partition coefficient (Wildman–Crippen LogP) is 10.3. The molecular weight excluding hydrogens is 741 g/mol. The molecule has 2 aromatic carbocycles. The van der Waals surface area contributed by atoms with Crippen molar-refractivity contribution in [3.05, 3.63) is 70.2 Å². The standard InChI is InChI=1S/C40H60N6O5S3/c1-9-12-14-15-16-19-24-52-34-23-22-30(26-33(34)46(47)48)51-29-41-28-40(7,8)38-43-42-37-36(31(27-44(37)38)39(4,5)6)53-35-21-18-17-20-32(35)45(11-3)54(49,50)25-13-10-2/h17-18,20-23,26-27,41-42H,9-16,19,24-25,28-29H2,1-8H3. The van der Waals surface area contributed by atoms with Crippen molar-refractivity contribution < 1.29 is 18.1 Å². The van der Waals surface area contributed by atoms with Crippen LogP contribution >= 0.6 is 23.5 Å². The number of unbranched alkanes of at least 4 members (excludes halogenated alkanes) is 6. The molecule has 2 heterocycles. The van der Waals surface area contributed by atoms with Crippen LogP contribution in [0.25, 0.3) is 5.65 Å². The Kier molecular flexibility index (Phi) is 15.8. The number of hydrogen-bond donors (Lipinski definition) is 2. The normalized spacial score (nSPS) is 12.4. The van der Waals surface area contributed by atoms with Gasteiger partial charge >= 0.3 is 0 Å². The van der Waals surface area contributed by atoms with Gasteiger partial charge in [0.05, 0.1) is 32.2 Å². The monoisotopic (exact) mass is 800 g/mol. The summed E-state index contributed by atoms with van der Waals surface area (Å²) in [5, 5.41) is 23.3. The van der Waals surface area contributed by atoms with Gasteiger partial charge in [0.1, 0.15) is 24.0 Å². The van der Waals surface area contributed by atoms with Crippen LogP contribution in [0.4, 0.5) is 11.4 Å². The summed E-state index contributed by atoms with van der Waals surface area (Å²) in [6, 6.07) is 12.8. The Balaban J connectivity index is 1.48. The summed E-state index contributed by atoms with van der Waals surface area (Å²) in [6.45, 7) is 17.9. The Morgan fingerprint density at radius 2 is 1.67 bits per heavy atom. The van der Waals surface area contributed by atoms with Gasteiger partial charge < -0.3 is 4.74 Å². The highest BCUT2D eigenvalue weighted by Gasteiger charge is 2.32. The first-order valence-electron chi connectivity index (χ1n) is 19.3. The number of fused-ring (bicyclic) bond motifs is 1. The summed E-state index contributed by atoms with van der Waals surface area (Å²) in [7, 11) is -3.48. The molecule has 14 heteroatoms. The fourth-order valence-corrected chi connectivity index (χ4v) is 10.5. The number of sulfonamides is 1. The molecule has 0 aliphatic carbocycles. The van der Waals surface area contributed by atoms with Crippen LogP contribution in [-0.4, -0.2) is 59.3 Å². The largest absolute Gasteiger partial charge is 0.478 e. The van der Waals surface area contributed by atoms with Crippen molar-refractivity contribution in [3.63, 3.8) is 0 Å². The Labute approximate surface area is 331 Å². The van der Waals surface area contributed by atoms with Gasteiger partial charge in [-0.25, -0.2) is 8.42 Å². The van der Waals surface area contributed by atoms with Gasteiger partial charge in [0.15, 0.2) is 0 Å². The van der Waals surface area contributed by atoms with Crippen LogP contribution in [0.15, 0.2) is 63.3 Å². The Morgan fingerprint density at radius 3 is 2.35 bits per heavy atom. The van der Waals surface area contributed by atoms with E-state index in [0.29, 0.717) is 35.8 Å². The molecular formula is C40H60N6O5S3. The average molecular weight is 801 g/mol. The molecule has 0 unspecified atom stereocenters. The van der Waals surface area contributed by atoms with E-state index in [0.717, 1.165) is 51.8 Å². The number of nitro benzene ring substituents is 1. The summed E-state index contributed by atoms with van der Waals surface area (Å²) in [5.74, 6) is 2.25. The summed E-state index contributed by atoms with van der Waals surface area (Å²) < 4.78 is 36.4. The van der Waals surface area contributed by atoms with Crippen molar-refractivity contribution in [1.29, 1.82) is 0 Å². The minimum atomic E-state index is -3.48. The SMILES string of the molecule is CCCCCCCCSc1ccc(OCNCC(C)(C)c2n[nH]c3c(Sc4ccccc4N(CC)S(=O)(=O)CCCC)c(C(C)(C)C)cn23)cc1[N+](=O)[O-]. The zero-order chi connectivity index (χ0) is 39.5. The third-order valence-electron chi connectivity index (χ3n) is 9.38. The average Bonchev–Trinajstić information content (AvgIpc) is 3.71. The zero-order valence-electron chi connectivity index (χ0n) is 33.4. The number of nitro groups is 1. The first-order chi connectivity index (χ1) is 25.6. The van der Waals surface area contributed by atoms with Crippen molar-refractivity contribution in [3.8, 4) is 5.75 Å². The van der Waals surface area contributed by atoms with Gasteiger partial charge in [-0.2, -0.15) is 5.10 Å². The molecule has 0 aliphatic rings. The number of para-hydroxylation sites is 1. The van der Waals surface area contributed by atoms with Gasteiger partial charge in [-0.15, -0.1) is 11.8 Å². The number of aromatic nitrogens is 3. The molecule has 298 valence electrons. The first kappa shape index (κ1) is 43.5. The van der Waals surface area contributed by atoms with Gasteiger partial charge in [0, 0.05) is 29.6 Å². The van der Waals surface area contributed by atoms with Crippen LogP contribution in [0.1, 0.15) is 118 Å². The van der Waals surface area contributed by atoms with E-state index in [1.165, 1.54) is 47.8 Å². The van der Waals surface area contributed by atoms with Gasteiger partial charge in [-0.1, -0.05) is 111 Å². The van der Waals surface area contributed by atoms with Gasteiger partial charge in [-0.05, 0) is 60.8 Å². The van der Waals surface area contributed by atoms with Gasteiger partial charge in [0.25, 0.3) is 5.69 Å². The maximum absolute atomic E-state index is 13.4. The molecule has 4 rings (SSSR count). The van der Waals surface area contributed by atoms with Gasteiger partial charge in [0.2, 0.25) is 10.0 Å². The van der Waals surface area contributed by atoms with E-state index in [4.69, 9.17) is 9.84 Å². The molecule has 0 aliphatic heterocycles. The minimum Gasteiger partial charge on any atom is -0.478 e. The van der Waals surface area contributed by atoms with Gasteiger partial charge in [-0.3, -0.25) is 29.2 Å². The number of thioether (sulfide) groups is 1. The Morgan fingerprint density at radius 1 is 0.963 bits per heavy atom. The third-order valence-corrected chi connectivity index (χ3v) is 13.6. The molecule has 4 aromatic rings. The summed E-state index contributed by atoms with van der Waals surface area (Å²) in [5.41, 5.74) is 2.07. The quantitative estimate of drug-likeness (QED) is 0.0247. The van der Waals surface area contributed by atoms with Crippen molar-refractivity contribution in [2.45, 2.75) is 132 Å². The zero-order valence-corrected chi connectivity index (χ0v) is 35.8. The number of aromatic amines is 1. The molecule has 0 bridgehead atoms. The lowest BCUT2D eigenvalue weighted by Crippen LogP contribution is -2.36. The third kappa shape index (κ3) is 11.2. The molecule has 11 nitrogen and oxygen atoms in total. The minimum absolute atomic E-state index is 0.0711. The van der Waals surface area contributed by atoms with Crippen molar-refractivity contribution >= 4 is 50.6 Å². The number of hydrogen-bond acceptors (Lipinski definition) is 9. The Hall–Kier alpha value is -3.20. The number of rotatable bonds is 23. The molecule has 54 heavy (non-hydrogen) atoms. The summed E-state index contributed by atoms with van der Waals surface area (Å²) >= 11 is 3.10. The fourth-order valence-electron chi connectivity index (χ4n) is 6.34. The molecule has 2 N–H and O–H groups in total. The lowest BCUT2D eigenvalue weighted by atomic mass is 9.89. The number of anilines is 1. The summed E-state index contributed by atoms with van der Waals surface area (Å²) in [6.07, 6.45) is 10.7. The molecule has 0 amide bonds. The molecule has 0 saturated heterocycles. The van der Waals surface area contributed by atoms with Crippen LogP contribution in [0, 0.1) is 10.1 Å². The highest BCUT2D eigenvalue weighted by molar-refractivity contribution is 8.00. The molecule has 2 aromatic heterocycles. The van der Waals surface area contributed by atoms with E-state index < -0.39 is 15.4 Å². The molecule has 0 atom stereocenters. The first-order valence-corrected chi connectivity index (χ1v) is 22.7. The van der Waals surface area contributed by atoms with Crippen LogP contribution in [0.3, 0.4) is 0 Å². The van der Waals surface area contributed by atoms with E-state index in [1.54, 1.807) is 23.9 Å². The van der Waals surface area contributed by atoms with E-state index >= 15 is 0 Å². The predicted molar refractivity (Wildman–Crippen MR) is 224 cm³/mol. The van der Waals surface area contributed by atoms with E-state index in [1.807, 2.05) is 38.1 Å². The highest BCUT2D eigenvalue weighted by Crippen LogP contribution is 2.44. The highest BCUT2D eigenvalue weighted by atomic mass is 32.2. The number of nitrogens with one attached hydrogen (secondary N) is 2. The maximum atomic E-state index is 13.4. The molecule has 0 saturated carbocycles. The summed E-state index contributed by atoms with van der Waals surface area (Å²) in [4.78, 5) is 14.1. The van der Waals surface area contributed by atoms with Crippen LogP contribution in [0.2, 0.25) is 0 Å². The van der Waals surface area contributed by atoms with E-state index in [9.17, 15) is 18.5 Å². The maximum Gasteiger partial charge on any atom is 0.286 e. The number of H-pyrrole nitrogens is 1.